The second-order valence-electron chi connectivity index (χ2n) is 5.87. The number of rotatable bonds is 6. The predicted octanol–water partition coefficient (Wildman–Crippen LogP) is 3.49. The molecule has 2 rings (SSSR count). The van der Waals surface area contributed by atoms with Crippen LogP contribution in [0.3, 0.4) is 0 Å². The number of benzene rings is 1. The van der Waals surface area contributed by atoms with Gasteiger partial charge >= 0.3 is 0 Å². The Morgan fingerprint density at radius 3 is 2.16 bits per heavy atom. The van der Waals surface area contributed by atoms with Crippen LogP contribution in [0.1, 0.15) is 50.7 Å². The molecule has 1 aromatic carbocycles. The van der Waals surface area contributed by atoms with Crippen LogP contribution in [-0.4, -0.2) is 24.9 Å². The fraction of sp³-hybridized carbons (Fsp3) is 0.647. The van der Waals surface area contributed by atoms with Crippen molar-refractivity contribution in [3.05, 3.63) is 35.4 Å². The topological polar surface area (TPSA) is 29.5 Å². The molecule has 2 heteroatoms. The molecule has 19 heavy (non-hydrogen) atoms. The van der Waals surface area contributed by atoms with Crippen LogP contribution in [0, 0.1) is 5.92 Å². The number of hydrogen-bond donors (Lipinski definition) is 1. The highest BCUT2D eigenvalue weighted by molar-refractivity contribution is 5.33. The van der Waals surface area contributed by atoms with Gasteiger partial charge in [-0.05, 0) is 29.4 Å². The zero-order valence-electron chi connectivity index (χ0n) is 12.4. The summed E-state index contributed by atoms with van der Waals surface area (Å²) in [5, 5.41) is 9.61. The molecular formula is C17H26O2. The summed E-state index contributed by atoms with van der Waals surface area (Å²) in [6.45, 7) is 8.36. The van der Waals surface area contributed by atoms with Crippen LogP contribution in [0.15, 0.2) is 24.3 Å². The van der Waals surface area contributed by atoms with Crippen LogP contribution in [-0.2, 0) is 10.2 Å². The first-order chi connectivity index (χ1) is 9.17. The number of ether oxygens (including phenoxy) is 1. The molecule has 2 atom stereocenters. The maximum absolute atomic E-state index is 9.61. The van der Waals surface area contributed by atoms with Gasteiger partial charge in [-0.15, -0.1) is 0 Å². The van der Waals surface area contributed by atoms with Gasteiger partial charge in [-0.2, -0.15) is 0 Å². The molecule has 1 aliphatic heterocycles. The minimum Gasteiger partial charge on any atom is -0.396 e. The van der Waals surface area contributed by atoms with E-state index < -0.39 is 0 Å². The lowest BCUT2D eigenvalue weighted by atomic mass is 9.67. The third-order valence-corrected chi connectivity index (χ3v) is 4.88. The van der Waals surface area contributed by atoms with Crippen molar-refractivity contribution in [1.29, 1.82) is 0 Å². The minimum absolute atomic E-state index is 0.0392. The van der Waals surface area contributed by atoms with Crippen molar-refractivity contribution in [2.24, 2.45) is 5.92 Å². The van der Waals surface area contributed by atoms with Gasteiger partial charge in [-0.25, -0.2) is 0 Å². The van der Waals surface area contributed by atoms with E-state index in [0.717, 1.165) is 19.6 Å². The van der Waals surface area contributed by atoms with Gasteiger partial charge in [0.25, 0.3) is 0 Å². The molecule has 0 spiro atoms. The van der Waals surface area contributed by atoms with Crippen LogP contribution >= 0.6 is 0 Å². The van der Waals surface area contributed by atoms with Crippen molar-refractivity contribution in [3.63, 3.8) is 0 Å². The van der Waals surface area contributed by atoms with Crippen LogP contribution < -0.4 is 0 Å². The van der Waals surface area contributed by atoms with E-state index in [1.807, 2.05) is 0 Å². The fourth-order valence-corrected chi connectivity index (χ4v) is 3.03. The van der Waals surface area contributed by atoms with Gasteiger partial charge in [0, 0.05) is 12.0 Å². The third kappa shape index (κ3) is 2.56. The first kappa shape index (κ1) is 14.5. The molecule has 2 unspecified atom stereocenters. The van der Waals surface area contributed by atoms with Gasteiger partial charge in [-0.1, -0.05) is 51.5 Å². The summed E-state index contributed by atoms with van der Waals surface area (Å²) in [6.07, 6.45) is 2.16. The molecule has 0 amide bonds. The van der Waals surface area contributed by atoms with Gasteiger partial charge in [0.1, 0.15) is 0 Å². The second kappa shape index (κ2) is 6.06. The van der Waals surface area contributed by atoms with Crippen molar-refractivity contribution in [1.82, 2.24) is 0 Å². The van der Waals surface area contributed by atoms with Crippen molar-refractivity contribution in [2.75, 3.05) is 19.8 Å². The molecule has 106 valence electrons. The fourth-order valence-electron chi connectivity index (χ4n) is 3.03. The maximum Gasteiger partial charge on any atom is 0.0589 e. The largest absolute Gasteiger partial charge is 0.396 e. The first-order valence-corrected chi connectivity index (χ1v) is 7.47. The van der Waals surface area contributed by atoms with Gasteiger partial charge in [0.05, 0.1) is 13.2 Å². The van der Waals surface area contributed by atoms with E-state index in [2.05, 4.69) is 45.0 Å². The normalized spacial score (nSPS) is 20.6. The third-order valence-electron chi connectivity index (χ3n) is 4.88. The Morgan fingerprint density at radius 2 is 1.79 bits per heavy atom. The summed E-state index contributed by atoms with van der Waals surface area (Å²) < 4.78 is 5.47. The predicted molar refractivity (Wildman–Crippen MR) is 78.5 cm³/mol. The highest BCUT2D eigenvalue weighted by Crippen LogP contribution is 2.41. The summed E-state index contributed by atoms with van der Waals surface area (Å²) in [4.78, 5) is 0. The zero-order valence-corrected chi connectivity index (χ0v) is 12.4. The zero-order chi connectivity index (χ0) is 13.9. The van der Waals surface area contributed by atoms with E-state index in [0.29, 0.717) is 11.8 Å². The van der Waals surface area contributed by atoms with Gasteiger partial charge in [-0.3, -0.25) is 0 Å². The van der Waals surface area contributed by atoms with Crippen molar-refractivity contribution < 1.29 is 9.84 Å². The quantitative estimate of drug-likeness (QED) is 0.850. The molecule has 1 saturated heterocycles. The number of aliphatic hydroxyl groups excluding tert-OH is 1. The van der Waals surface area contributed by atoms with Crippen LogP contribution in [0.2, 0.25) is 0 Å². The molecule has 1 heterocycles. The average molecular weight is 262 g/mol. The summed E-state index contributed by atoms with van der Waals surface area (Å²) in [6, 6.07) is 8.96. The van der Waals surface area contributed by atoms with E-state index in [1.54, 1.807) is 0 Å². The van der Waals surface area contributed by atoms with Crippen LogP contribution in [0.4, 0.5) is 0 Å². The minimum atomic E-state index is 0.0392. The molecule has 2 nitrogen and oxygen atoms in total. The molecule has 0 saturated carbocycles. The van der Waals surface area contributed by atoms with Gasteiger partial charge in [0.2, 0.25) is 0 Å². The van der Waals surface area contributed by atoms with E-state index >= 15 is 0 Å². The van der Waals surface area contributed by atoms with E-state index in [-0.39, 0.29) is 12.0 Å². The van der Waals surface area contributed by atoms with Crippen molar-refractivity contribution in [3.8, 4) is 0 Å². The number of aliphatic hydroxyl groups is 1. The molecule has 1 N–H and O–H groups in total. The summed E-state index contributed by atoms with van der Waals surface area (Å²) in [5.74, 6) is 0.915. The number of hydrogen-bond acceptors (Lipinski definition) is 2. The lowest BCUT2D eigenvalue weighted by Gasteiger charge is -2.47. The highest BCUT2D eigenvalue weighted by Gasteiger charge is 2.45. The SMILES string of the molecule is CCC(C)c1ccc(C2(C(CC)CO)COC2)cc1. The summed E-state index contributed by atoms with van der Waals surface area (Å²) in [7, 11) is 0. The maximum atomic E-state index is 9.61. The molecule has 0 aliphatic carbocycles. The second-order valence-corrected chi connectivity index (χ2v) is 5.87. The van der Waals surface area contributed by atoms with Crippen LogP contribution in [0.25, 0.3) is 0 Å². The molecule has 1 fully saturated rings. The Kier molecular flexibility index (Phi) is 4.64. The van der Waals surface area contributed by atoms with Gasteiger partial charge in [0.15, 0.2) is 0 Å². The smallest absolute Gasteiger partial charge is 0.0589 e. The first-order valence-electron chi connectivity index (χ1n) is 7.47. The van der Waals surface area contributed by atoms with E-state index in [1.165, 1.54) is 17.5 Å². The summed E-state index contributed by atoms with van der Waals surface area (Å²) >= 11 is 0. The average Bonchev–Trinajstić information content (AvgIpc) is 2.42. The lowest BCUT2D eigenvalue weighted by Crippen LogP contribution is -2.53. The van der Waals surface area contributed by atoms with Crippen LogP contribution in [0.5, 0.6) is 0 Å². The molecule has 0 radical (unpaired) electrons. The van der Waals surface area contributed by atoms with Crippen molar-refractivity contribution in [2.45, 2.75) is 44.9 Å². The Hall–Kier alpha value is -0.860. The Balaban J connectivity index is 2.24. The molecular weight excluding hydrogens is 236 g/mol. The molecule has 1 aromatic rings. The Labute approximate surface area is 116 Å². The Bertz CT molecular complexity index is 388. The molecule has 0 bridgehead atoms. The van der Waals surface area contributed by atoms with E-state index in [4.69, 9.17) is 4.74 Å². The summed E-state index contributed by atoms with van der Waals surface area (Å²) in [5.41, 5.74) is 2.77. The Morgan fingerprint density at radius 1 is 1.16 bits per heavy atom. The highest BCUT2D eigenvalue weighted by atomic mass is 16.5. The molecule has 1 aliphatic rings. The van der Waals surface area contributed by atoms with E-state index in [9.17, 15) is 5.11 Å². The lowest BCUT2D eigenvalue weighted by molar-refractivity contribution is -0.101. The van der Waals surface area contributed by atoms with Gasteiger partial charge < -0.3 is 9.84 Å². The standard InChI is InChI=1S/C17H26O2/c1-4-13(3)14-6-8-16(9-7-14)17(11-19-12-17)15(5-2)10-18/h6-9,13,15,18H,4-5,10-12H2,1-3H3. The van der Waals surface area contributed by atoms with Crippen molar-refractivity contribution >= 4 is 0 Å². The molecule has 0 aromatic heterocycles. The monoisotopic (exact) mass is 262 g/mol.